The van der Waals surface area contributed by atoms with E-state index in [9.17, 15) is 9.59 Å². The fourth-order valence-corrected chi connectivity index (χ4v) is 2.39. The number of rotatable bonds is 12. The molecule has 2 amide bonds. The average Bonchev–Trinajstić information content (AvgIpc) is 3.07. The lowest BCUT2D eigenvalue weighted by Crippen LogP contribution is -3.06. The Kier molecular flexibility index (Phi) is 9.84. The second kappa shape index (κ2) is 11.7. The Morgan fingerprint density at radius 2 is 2.00 bits per heavy atom. The van der Waals surface area contributed by atoms with E-state index in [0.717, 1.165) is 25.8 Å². The minimum atomic E-state index is -0.0641. The molecule has 0 aliphatic carbocycles. The Balaban J connectivity index is 2.45. The molecule has 1 aromatic heterocycles. The zero-order valence-corrected chi connectivity index (χ0v) is 15.3. The molecule has 0 aliphatic heterocycles. The molecule has 0 fully saturated rings. The first-order valence-corrected chi connectivity index (χ1v) is 8.91. The monoisotopic (exact) mass is 338 g/mol. The number of unbranched alkanes of at least 4 members (excludes halogenated alkanes) is 3. The largest absolute Gasteiger partial charge is 0.472 e. The number of nitrogens with one attached hydrogen (secondary N) is 2. The van der Waals surface area contributed by atoms with Crippen molar-refractivity contribution in [2.75, 3.05) is 40.3 Å². The summed E-state index contributed by atoms with van der Waals surface area (Å²) in [5, 5.41) is 2.90. The van der Waals surface area contributed by atoms with Gasteiger partial charge in [0, 0.05) is 19.5 Å². The summed E-state index contributed by atoms with van der Waals surface area (Å²) in [5.74, 6) is -0.0689. The number of hydrogen-bond donors (Lipinski definition) is 2. The molecule has 6 heteroatoms. The molecular weight excluding hydrogens is 306 g/mol. The highest BCUT2D eigenvalue weighted by molar-refractivity contribution is 5.94. The highest BCUT2D eigenvalue weighted by Crippen LogP contribution is 2.09. The summed E-state index contributed by atoms with van der Waals surface area (Å²) >= 11 is 0. The second-order valence-electron chi connectivity index (χ2n) is 6.42. The van der Waals surface area contributed by atoms with Crippen molar-refractivity contribution in [3.05, 3.63) is 24.2 Å². The van der Waals surface area contributed by atoms with Gasteiger partial charge in [-0.2, -0.15) is 0 Å². The maximum Gasteiger partial charge on any atom is 0.257 e. The van der Waals surface area contributed by atoms with Crippen LogP contribution in [0.25, 0.3) is 0 Å². The van der Waals surface area contributed by atoms with Gasteiger partial charge in [-0.05, 0) is 12.5 Å². The third-order valence-corrected chi connectivity index (χ3v) is 3.89. The summed E-state index contributed by atoms with van der Waals surface area (Å²) < 4.78 is 5.00. The molecule has 2 N–H and O–H groups in total. The van der Waals surface area contributed by atoms with Crippen LogP contribution in [0.5, 0.6) is 0 Å². The van der Waals surface area contributed by atoms with Crippen LogP contribution in [0.3, 0.4) is 0 Å². The SMILES string of the molecule is CCCCCCN(CCC(=O)NCC[NH+](C)C)C(=O)c1ccoc1. The maximum atomic E-state index is 12.5. The normalized spacial score (nSPS) is 10.8. The van der Waals surface area contributed by atoms with Crippen LogP contribution in [-0.4, -0.2) is 57.0 Å². The first-order valence-electron chi connectivity index (χ1n) is 8.91. The van der Waals surface area contributed by atoms with Crippen molar-refractivity contribution < 1.29 is 18.9 Å². The Hall–Kier alpha value is -1.82. The van der Waals surface area contributed by atoms with Crippen molar-refractivity contribution in [3.63, 3.8) is 0 Å². The van der Waals surface area contributed by atoms with E-state index in [1.165, 1.54) is 23.8 Å². The number of carbonyl (C=O) groups excluding carboxylic acids is 2. The molecule has 0 bridgehead atoms. The van der Waals surface area contributed by atoms with Crippen molar-refractivity contribution >= 4 is 11.8 Å². The number of hydrogen-bond acceptors (Lipinski definition) is 3. The predicted octanol–water partition coefficient (Wildman–Crippen LogP) is 0.953. The Labute approximate surface area is 145 Å². The average molecular weight is 338 g/mol. The molecule has 1 heterocycles. The number of nitrogens with zero attached hydrogens (tertiary/aromatic N) is 1. The van der Waals surface area contributed by atoms with E-state index in [1.54, 1.807) is 11.0 Å². The van der Waals surface area contributed by atoms with Gasteiger partial charge in [-0.3, -0.25) is 9.59 Å². The van der Waals surface area contributed by atoms with Crippen molar-refractivity contribution in [1.82, 2.24) is 10.2 Å². The lowest BCUT2D eigenvalue weighted by atomic mass is 10.2. The quantitative estimate of drug-likeness (QED) is 0.558. The number of quaternary nitrogens is 1. The van der Waals surface area contributed by atoms with Crippen molar-refractivity contribution in [3.8, 4) is 0 Å². The molecule has 1 aromatic rings. The summed E-state index contributed by atoms with van der Waals surface area (Å²) in [6.07, 6.45) is 7.68. The van der Waals surface area contributed by atoms with Crippen LogP contribution >= 0.6 is 0 Å². The molecule has 0 aliphatic rings. The van der Waals surface area contributed by atoms with Gasteiger partial charge in [0.15, 0.2) is 0 Å². The molecule has 0 saturated carbocycles. The molecular formula is C18H32N3O3+. The Morgan fingerprint density at radius 3 is 2.62 bits per heavy atom. The lowest BCUT2D eigenvalue weighted by molar-refractivity contribution is -0.856. The van der Waals surface area contributed by atoms with Crippen LogP contribution in [0.1, 0.15) is 49.4 Å². The zero-order valence-electron chi connectivity index (χ0n) is 15.3. The summed E-state index contributed by atoms with van der Waals surface area (Å²) in [6, 6.07) is 1.67. The standard InChI is InChI=1S/C18H31N3O3/c1-4-5-6-7-11-21(18(23)16-9-14-24-15-16)12-8-17(22)19-10-13-20(2)3/h9,14-15H,4-8,10-13H2,1-3H3,(H,19,22)/p+1. The van der Waals surface area contributed by atoms with Crippen molar-refractivity contribution in [1.29, 1.82) is 0 Å². The summed E-state index contributed by atoms with van der Waals surface area (Å²) in [6.45, 7) is 4.83. The van der Waals surface area contributed by atoms with Gasteiger partial charge in [-0.1, -0.05) is 26.2 Å². The number of amides is 2. The molecule has 136 valence electrons. The molecule has 6 nitrogen and oxygen atoms in total. The van der Waals surface area contributed by atoms with Crippen LogP contribution in [0, 0.1) is 0 Å². The fourth-order valence-electron chi connectivity index (χ4n) is 2.39. The van der Waals surface area contributed by atoms with E-state index in [2.05, 4.69) is 12.2 Å². The highest BCUT2D eigenvalue weighted by Gasteiger charge is 2.17. The summed E-state index contributed by atoms with van der Waals surface area (Å²) in [4.78, 5) is 27.5. The van der Waals surface area contributed by atoms with Crippen LogP contribution < -0.4 is 10.2 Å². The van der Waals surface area contributed by atoms with Crippen molar-refractivity contribution in [2.24, 2.45) is 0 Å². The first-order chi connectivity index (χ1) is 11.5. The Morgan fingerprint density at radius 1 is 1.21 bits per heavy atom. The smallest absolute Gasteiger partial charge is 0.257 e. The van der Waals surface area contributed by atoms with Gasteiger partial charge in [-0.25, -0.2) is 0 Å². The van der Waals surface area contributed by atoms with E-state index in [-0.39, 0.29) is 11.8 Å². The van der Waals surface area contributed by atoms with E-state index in [0.29, 0.717) is 31.6 Å². The number of likely N-dealkylation sites (N-methyl/N-ethyl adjacent to an activating group) is 1. The number of carbonyl (C=O) groups is 2. The summed E-state index contributed by atoms with van der Waals surface area (Å²) in [5.41, 5.74) is 0.544. The molecule has 24 heavy (non-hydrogen) atoms. The van der Waals surface area contributed by atoms with E-state index >= 15 is 0 Å². The molecule has 1 rings (SSSR count). The van der Waals surface area contributed by atoms with Gasteiger partial charge in [0.2, 0.25) is 5.91 Å². The molecule has 0 spiro atoms. The topological polar surface area (TPSA) is 67.0 Å². The number of furan rings is 1. The highest BCUT2D eigenvalue weighted by atomic mass is 16.3. The van der Waals surface area contributed by atoms with Gasteiger partial charge in [0.05, 0.1) is 39.0 Å². The molecule has 0 atom stereocenters. The van der Waals surface area contributed by atoms with Crippen molar-refractivity contribution in [2.45, 2.75) is 39.0 Å². The van der Waals surface area contributed by atoms with Gasteiger partial charge >= 0.3 is 0 Å². The van der Waals surface area contributed by atoms with E-state index in [1.807, 2.05) is 14.1 Å². The van der Waals surface area contributed by atoms with Gasteiger partial charge in [0.1, 0.15) is 6.26 Å². The summed E-state index contributed by atoms with van der Waals surface area (Å²) in [7, 11) is 4.10. The molecule has 0 unspecified atom stereocenters. The molecule has 0 saturated heterocycles. The fraction of sp³-hybridized carbons (Fsp3) is 0.667. The van der Waals surface area contributed by atoms with Gasteiger partial charge in [-0.15, -0.1) is 0 Å². The lowest BCUT2D eigenvalue weighted by Gasteiger charge is -2.22. The minimum absolute atomic E-state index is 0.00481. The van der Waals surface area contributed by atoms with Gasteiger partial charge < -0.3 is 19.5 Å². The van der Waals surface area contributed by atoms with Gasteiger partial charge in [0.25, 0.3) is 5.91 Å². The first kappa shape index (κ1) is 20.2. The van der Waals surface area contributed by atoms with E-state index in [4.69, 9.17) is 4.42 Å². The predicted molar refractivity (Wildman–Crippen MR) is 94.1 cm³/mol. The van der Waals surface area contributed by atoms with Crippen LogP contribution in [0.15, 0.2) is 23.0 Å². The van der Waals surface area contributed by atoms with Crippen LogP contribution in [0.2, 0.25) is 0 Å². The third-order valence-electron chi connectivity index (χ3n) is 3.89. The Bertz CT molecular complexity index is 472. The third kappa shape index (κ3) is 8.15. The minimum Gasteiger partial charge on any atom is -0.472 e. The zero-order chi connectivity index (χ0) is 17.8. The molecule has 0 radical (unpaired) electrons. The van der Waals surface area contributed by atoms with Crippen LogP contribution in [0.4, 0.5) is 0 Å². The molecule has 0 aromatic carbocycles. The van der Waals surface area contributed by atoms with Crippen LogP contribution in [-0.2, 0) is 4.79 Å². The van der Waals surface area contributed by atoms with E-state index < -0.39 is 0 Å². The maximum absolute atomic E-state index is 12.5. The second-order valence-corrected chi connectivity index (χ2v) is 6.42.